The Labute approximate surface area is 128 Å². The van der Waals surface area contributed by atoms with Crippen molar-refractivity contribution in [3.05, 3.63) is 69.5 Å². The van der Waals surface area contributed by atoms with E-state index in [1.807, 2.05) is 25.2 Å². The maximum Gasteiger partial charge on any atom is 0.123 e. The summed E-state index contributed by atoms with van der Waals surface area (Å²) in [6.45, 7) is 0. The quantitative estimate of drug-likeness (QED) is 0.857. The van der Waals surface area contributed by atoms with Gasteiger partial charge in [0.05, 0.1) is 0 Å². The van der Waals surface area contributed by atoms with Crippen LogP contribution >= 0.6 is 23.2 Å². The summed E-state index contributed by atoms with van der Waals surface area (Å²) in [5, 5.41) is 4.54. The average molecular weight is 312 g/mol. The lowest BCUT2D eigenvalue weighted by Gasteiger charge is -2.17. The summed E-state index contributed by atoms with van der Waals surface area (Å²) in [5.41, 5.74) is 2.00. The Kier molecular flexibility index (Phi) is 5.41. The summed E-state index contributed by atoms with van der Waals surface area (Å²) < 4.78 is 13.2. The number of rotatable bonds is 5. The lowest BCUT2D eigenvalue weighted by atomic mass is 9.99. The standard InChI is InChI=1S/C16H16Cl2FN/c1-20-15(8-11-3-2-4-14(19)7-11)9-12-5-6-13(17)10-16(12)18/h2-7,10,15,20H,8-9H2,1H3. The molecule has 0 bridgehead atoms. The van der Waals surface area contributed by atoms with E-state index in [0.717, 1.165) is 24.0 Å². The third-order valence-electron chi connectivity index (χ3n) is 3.26. The molecule has 2 rings (SSSR count). The molecule has 0 aliphatic rings. The molecule has 0 amide bonds. The van der Waals surface area contributed by atoms with E-state index in [0.29, 0.717) is 10.0 Å². The van der Waals surface area contributed by atoms with Gasteiger partial charge in [0, 0.05) is 16.1 Å². The van der Waals surface area contributed by atoms with Gasteiger partial charge in [-0.2, -0.15) is 0 Å². The van der Waals surface area contributed by atoms with E-state index in [4.69, 9.17) is 23.2 Å². The van der Waals surface area contributed by atoms with Crippen LogP contribution in [0.1, 0.15) is 11.1 Å². The van der Waals surface area contributed by atoms with Gasteiger partial charge in [-0.15, -0.1) is 0 Å². The number of benzene rings is 2. The average Bonchev–Trinajstić information content (AvgIpc) is 2.41. The lowest BCUT2D eigenvalue weighted by Crippen LogP contribution is -2.30. The molecule has 0 radical (unpaired) electrons. The van der Waals surface area contributed by atoms with Gasteiger partial charge in [-0.05, 0) is 55.3 Å². The third kappa shape index (κ3) is 4.20. The predicted octanol–water partition coefficient (Wildman–Crippen LogP) is 4.51. The molecule has 2 aromatic rings. The fraction of sp³-hybridized carbons (Fsp3) is 0.250. The molecular formula is C16H16Cl2FN. The summed E-state index contributed by atoms with van der Waals surface area (Å²) in [4.78, 5) is 0. The molecule has 4 heteroatoms. The monoisotopic (exact) mass is 311 g/mol. The van der Waals surface area contributed by atoms with Gasteiger partial charge in [-0.25, -0.2) is 4.39 Å². The minimum Gasteiger partial charge on any atom is -0.316 e. The highest BCUT2D eigenvalue weighted by atomic mass is 35.5. The van der Waals surface area contributed by atoms with Crippen LogP contribution in [0.2, 0.25) is 10.0 Å². The van der Waals surface area contributed by atoms with Crippen LogP contribution in [0.4, 0.5) is 4.39 Å². The zero-order chi connectivity index (χ0) is 14.5. The van der Waals surface area contributed by atoms with Crippen LogP contribution in [0.15, 0.2) is 42.5 Å². The van der Waals surface area contributed by atoms with Crippen LogP contribution in [-0.2, 0) is 12.8 Å². The Bertz CT molecular complexity index is 586. The molecule has 0 aromatic heterocycles. The van der Waals surface area contributed by atoms with Gasteiger partial charge in [0.15, 0.2) is 0 Å². The summed E-state index contributed by atoms with van der Waals surface area (Å²) in [6.07, 6.45) is 1.51. The first kappa shape index (κ1) is 15.3. The second-order valence-electron chi connectivity index (χ2n) is 4.76. The van der Waals surface area contributed by atoms with E-state index in [1.165, 1.54) is 6.07 Å². The summed E-state index contributed by atoms with van der Waals surface area (Å²) in [6, 6.07) is 12.4. The number of nitrogens with one attached hydrogen (secondary N) is 1. The van der Waals surface area contributed by atoms with E-state index in [-0.39, 0.29) is 11.9 Å². The Balaban J connectivity index is 2.09. The van der Waals surface area contributed by atoms with Crippen molar-refractivity contribution in [2.45, 2.75) is 18.9 Å². The fourth-order valence-electron chi connectivity index (χ4n) is 2.18. The summed E-state index contributed by atoms with van der Waals surface area (Å²) >= 11 is 12.1. The van der Waals surface area contributed by atoms with Crippen molar-refractivity contribution in [3.63, 3.8) is 0 Å². The van der Waals surface area contributed by atoms with Crippen molar-refractivity contribution in [1.82, 2.24) is 5.32 Å². The number of hydrogen-bond acceptors (Lipinski definition) is 1. The van der Waals surface area contributed by atoms with Crippen LogP contribution < -0.4 is 5.32 Å². The van der Waals surface area contributed by atoms with Gasteiger partial charge in [0.2, 0.25) is 0 Å². The molecule has 0 aliphatic carbocycles. The Morgan fingerprint density at radius 2 is 1.90 bits per heavy atom. The Morgan fingerprint density at radius 3 is 2.55 bits per heavy atom. The van der Waals surface area contributed by atoms with Crippen molar-refractivity contribution in [2.24, 2.45) is 0 Å². The Morgan fingerprint density at radius 1 is 1.10 bits per heavy atom. The summed E-state index contributed by atoms with van der Waals surface area (Å²) in [5.74, 6) is -0.207. The van der Waals surface area contributed by atoms with Crippen LogP contribution in [0, 0.1) is 5.82 Å². The molecule has 106 valence electrons. The van der Waals surface area contributed by atoms with E-state index >= 15 is 0 Å². The topological polar surface area (TPSA) is 12.0 Å². The smallest absolute Gasteiger partial charge is 0.123 e. The van der Waals surface area contributed by atoms with Crippen molar-refractivity contribution >= 4 is 23.2 Å². The van der Waals surface area contributed by atoms with Crippen molar-refractivity contribution in [3.8, 4) is 0 Å². The first-order valence-corrected chi connectivity index (χ1v) is 7.19. The first-order chi connectivity index (χ1) is 9.58. The van der Waals surface area contributed by atoms with Crippen molar-refractivity contribution in [2.75, 3.05) is 7.05 Å². The molecule has 0 aliphatic heterocycles. The Hall–Kier alpha value is -1.09. The largest absolute Gasteiger partial charge is 0.316 e. The molecule has 0 saturated heterocycles. The van der Waals surface area contributed by atoms with Crippen LogP contribution in [0.5, 0.6) is 0 Å². The van der Waals surface area contributed by atoms with E-state index < -0.39 is 0 Å². The van der Waals surface area contributed by atoms with Gasteiger partial charge < -0.3 is 5.32 Å². The summed E-state index contributed by atoms with van der Waals surface area (Å²) in [7, 11) is 1.90. The first-order valence-electron chi connectivity index (χ1n) is 6.44. The maximum atomic E-state index is 13.2. The van der Waals surface area contributed by atoms with E-state index in [1.54, 1.807) is 18.2 Å². The second kappa shape index (κ2) is 7.07. The molecule has 0 fully saturated rings. The van der Waals surface area contributed by atoms with Gasteiger partial charge in [0.1, 0.15) is 5.82 Å². The van der Waals surface area contributed by atoms with Crippen LogP contribution in [0.25, 0.3) is 0 Å². The van der Waals surface area contributed by atoms with Gasteiger partial charge in [-0.3, -0.25) is 0 Å². The molecular weight excluding hydrogens is 296 g/mol. The number of halogens is 3. The molecule has 1 nitrogen and oxygen atoms in total. The molecule has 0 saturated carbocycles. The highest BCUT2D eigenvalue weighted by molar-refractivity contribution is 6.35. The van der Waals surface area contributed by atoms with Gasteiger partial charge >= 0.3 is 0 Å². The molecule has 0 spiro atoms. The second-order valence-corrected chi connectivity index (χ2v) is 5.60. The molecule has 2 aromatic carbocycles. The molecule has 1 atom stereocenters. The number of likely N-dealkylation sites (N-methyl/N-ethyl adjacent to an activating group) is 1. The van der Waals surface area contributed by atoms with E-state index in [9.17, 15) is 4.39 Å². The zero-order valence-electron chi connectivity index (χ0n) is 11.2. The van der Waals surface area contributed by atoms with E-state index in [2.05, 4.69) is 5.32 Å². The minimum atomic E-state index is -0.207. The molecule has 1 N–H and O–H groups in total. The van der Waals surface area contributed by atoms with Gasteiger partial charge in [-0.1, -0.05) is 41.4 Å². The zero-order valence-corrected chi connectivity index (χ0v) is 12.7. The maximum absolute atomic E-state index is 13.2. The lowest BCUT2D eigenvalue weighted by molar-refractivity contribution is 0.553. The van der Waals surface area contributed by atoms with Crippen molar-refractivity contribution < 1.29 is 4.39 Å². The predicted molar refractivity (Wildman–Crippen MR) is 83.1 cm³/mol. The fourth-order valence-corrected chi connectivity index (χ4v) is 2.66. The molecule has 0 heterocycles. The SMILES string of the molecule is CNC(Cc1cccc(F)c1)Cc1ccc(Cl)cc1Cl. The highest BCUT2D eigenvalue weighted by Crippen LogP contribution is 2.22. The highest BCUT2D eigenvalue weighted by Gasteiger charge is 2.11. The molecule has 20 heavy (non-hydrogen) atoms. The normalized spacial score (nSPS) is 12.4. The van der Waals surface area contributed by atoms with Crippen molar-refractivity contribution in [1.29, 1.82) is 0 Å². The van der Waals surface area contributed by atoms with Crippen LogP contribution in [0.3, 0.4) is 0 Å². The number of hydrogen-bond donors (Lipinski definition) is 1. The minimum absolute atomic E-state index is 0.190. The molecule has 1 unspecified atom stereocenters. The van der Waals surface area contributed by atoms with Crippen LogP contribution in [-0.4, -0.2) is 13.1 Å². The van der Waals surface area contributed by atoms with Gasteiger partial charge in [0.25, 0.3) is 0 Å². The third-order valence-corrected chi connectivity index (χ3v) is 3.85.